The molecule has 1 aromatic rings. The van der Waals surface area contributed by atoms with Gasteiger partial charge in [-0.1, -0.05) is 26.2 Å². The van der Waals surface area contributed by atoms with Gasteiger partial charge in [0.2, 0.25) is 5.91 Å². The summed E-state index contributed by atoms with van der Waals surface area (Å²) in [5.41, 5.74) is 0.602. The van der Waals surface area contributed by atoms with Crippen molar-refractivity contribution in [2.24, 2.45) is 5.92 Å². The van der Waals surface area contributed by atoms with Gasteiger partial charge in [0.05, 0.1) is 17.7 Å². The number of likely N-dealkylation sites (tertiary alicyclic amines) is 1. The van der Waals surface area contributed by atoms with E-state index in [1.165, 1.54) is 19.1 Å². The molecule has 5 heteroatoms. The summed E-state index contributed by atoms with van der Waals surface area (Å²) in [5.74, 6) is 0.600. The predicted molar refractivity (Wildman–Crippen MR) is 89.2 cm³/mol. The van der Waals surface area contributed by atoms with Gasteiger partial charge in [-0.3, -0.25) is 9.59 Å². The van der Waals surface area contributed by atoms with E-state index < -0.39 is 0 Å². The Balaban J connectivity index is 1.82. The zero-order chi connectivity index (χ0) is 16.7. The highest BCUT2D eigenvalue weighted by Crippen LogP contribution is 2.20. The monoisotopic (exact) mass is 320 g/mol. The second-order valence-corrected chi connectivity index (χ2v) is 6.33. The van der Waals surface area contributed by atoms with Crippen LogP contribution in [-0.2, 0) is 4.79 Å². The van der Waals surface area contributed by atoms with Gasteiger partial charge in [-0.15, -0.1) is 0 Å². The van der Waals surface area contributed by atoms with E-state index in [-0.39, 0.29) is 17.7 Å². The second kappa shape index (κ2) is 8.75. The van der Waals surface area contributed by atoms with Crippen molar-refractivity contribution in [2.45, 2.75) is 52.4 Å². The number of aryl methyl sites for hydroxylation is 1. The summed E-state index contributed by atoms with van der Waals surface area (Å²) < 4.78 is 5.21. The van der Waals surface area contributed by atoms with Crippen molar-refractivity contribution in [3.05, 3.63) is 23.7 Å². The molecule has 0 spiro atoms. The quantitative estimate of drug-likeness (QED) is 0.785. The van der Waals surface area contributed by atoms with Crippen LogP contribution in [0.3, 0.4) is 0 Å². The number of hydrogen-bond acceptors (Lipinski definition) is 3. The van der Waals surface area contributed by atoms with Crippen LogP contribution in [0.25, 0.3) is 0 Å². The second-order valence-electron chi connectivity index (χ2n) is 6.33. The molecule has 1 fully saturated rings. The molecule has 23 heavy (non-hydrogen) atoms. The highest BCUT2D eigenvalue weighted by molar-refractivity contribution is 5.95. The normalized spacial score (nSPS) is 18.0. The predicted octanol–water partition coefficient (Wildman–Crippen LogP) is 3.14. The van der Waals surface area contributed by atoms with E-state index in [0.29, 0.717) is 24.4 Å². The molecular weight excluding hydrogens is 292 g/mol. The highest BCUT2D eigenvalue weighted by atomic mass is 16.3. The third-order valence-electron chi connectivity index (χ3n) is 4.50. The van der Waals surface area contributed by atoms with E-state index in [1.54, 1.807) is 17.9 Å². The summed E-state index contributed by atoms with van der Waals surface area (Å²) in [6.45, 7) is 5.92. The molecule has 1 aliphatic heterocycles. The van der Waals surface area contributed by atoms with Crippen LogP contribution in [0.2, 0.25) is 0 Å². The molecule has 1 atom stereocenters. The first-order chi connectivity index (χ1) is 11.1. The van der Waals surface area contributed by atoms with Gasteiger partial charge in [-0.25, -0.2) is 0 Å². The number of piperidine rings is 1. The Bertz CT molecular complexity index is 524. The largest absolute Gasteiger partial charge is 0.469 e. The Morgan fingerprint density at radius 1 is 1.35 bits per heavy atom. The molecule has 2 heterocycles. The van der Waals surface area contributed by atoms with Gasteiger partial charge < -0.3 is 14.6 Å². The van der Waals surface area contributed by atoms with Crippen LogP contribution in [0.5, 0.6) is 0 Å². The Kier molecular flexibility index (Phi) is 6.68. The van der Waals surface area contributed by atoms with Gasteiger partial charge >= 0.3 is 0 Å². The third kappa shape index (κ3) is 4.85. The minimum absolute atomic E-state index is 0.0308. The molecule has 1 saturated heterocycles. The number of furan rings is 1. The third-order valence-corrected chi connectivity index (χ3v) is 4.50. The number of nitrogens with one attached hydrogen (secondary N) is 1. The molecule has 2 amide bonds. The zero-order valence-electron chi connectivity index (χ0n) is 14.3. The van der Waals surface area contributed by atoms with E-state index in [1.807, 2.05) is 0 Å². The molecule has 128 valence electrons. The summed E-state index contributed by atoms with van der Waals surface area (Å²) in [5, 5.41) is 3.02. The van der Waals surface area contributed by atoms with Gasteiger partial charge in [-0.2, -0.15) is 0 Å². The minimum Gasteiger partial charge on any atom is -0.469 e. The first-order valence-electron chi connectivity index (χ1n) is 8.74. The molecule has 1 aliphatic rings. The summed E-state index contributed by atoms with van der Waals surface area (Å²) in [7, 11) is 0. The molecule has 5 nitrogen and oxygen atoms in total. The maximum absolute atomic E-state index is 12.5. The average molecular weight is 320 g/mol. The first kappa shape index (κ1) is 17.6. The van der Waals surface area contributed by atoms with E-state index in [0.717, 1.165) is 32.2 Å². The van der Waals surface area contributed by atoms with Gasteiger partial charge in [0.25, 0.3) is 5.91 Å². The number of carbonyl (C=O) groups excluding carboxylic acids is 2. The number of rotatable bonds is 7. The number of carbonyl (C=O) groups is 2. The number of unbranched alkanes of at least 4 members (excludes halogenated alkanes) is 3. The van der Waals surface area contributed by atoms with Gasteiger partial charge in [0.15, 0.2) is 0 Å². The molecule has 0 unspecified atom stereocenters. The summed E-state index contributed by atoms with van der Waals surface area (Å²) in [6.07, 6.45) is 7.86. The number of nitrogens with zero attached hydrogens (tertiary/aromatic N) is 1. The van der Waals surface area contributed by atoms with Crippen LogP contribution in [-0.4, -0.2) is 36.3 Å². The molecule has 0 saturated carbocycles. The van der Waals surface area contributed by atoms with Crippen molar-refractivity contribution in [3.8, 4) is 0 Å². The Morgan fingerprint density at radius 3 is 2.87 bits per heavy atom. The fourth-order valence-corrected chi connectivity index (χ4v) is 3.06. The van der Waals surface area contributed by atoms with E-state index >= 15 is 0 Å². The molecule has 2 rings (SSSR count). The molecule has 1 aromatic heterocycles. The lowest BCUT2D eigenvalue weighted by molar-refractivity contribution is -0.126. The summed E-state index contributed by atoms with van der Waals surface area (Å²) in [4.78, 5) is 26.6. The number of hydrogen-bond donors (Lipinski definition) is 1. The fourth-order valence-electron chi connectivity index (χ4n) is 3.06. The number of amides is 2. The van der Waals surface area contributed by atoms with E-state index in [9.17, 15) is 9.59 Å². The molecule has 0 aromatic carbocycles. The van der Waals surface area contributed by atoms with Gasteiger partial charge in [0, 0.05) is 19.6 Å². The first-order valence-corrected chi connectivity index (χ1v) is 8.74. The smallest absolute Gasteiger partial charge is 0.257 e. The van der Waals surface area contributed by atoms with Crippen LogP contribution < -0.4 is 5.32 Å². The van der Waals surface area contributed by atoms with Crippen LogP contribution in [0.1, 0.15) is 61.6 Å². The Labute approximate surface area is 138 Å². The Morgan fingerprint density at radius 2 is 2.17 bits per heavy atom. The fraction of sp³-hybridized carbons (Fsp3) is 0.667. The lowest BCUT2D eigenvalue weighted by Crippen LogP contribution is -2.45. The topological polar surface area (TPSA) is 62.6 Å². The average Bonchev–Trinajstić information content (AvgIpc) is 3.00. The highest BCUT2D eigenvalue weighted by Gasteiger charge is 2.29. The summed E-state index contributed by atoms with van der Waals surface area (Å²) in [6, 6.07) is 1.70. The van der Waals surface area contributed by atoms with Crippen LogP contribution in [0.4, 0.5) is 0 Å². The van der Waals surface area contributed by atoms with Crippen molar-refractivity contribution in [3.63, 3.8) is 0 Å². The van der Waals surface area contributed by atoms with Crippen molar-refractivity contribution >= 4 is 11.8 Å². The maximum atomic E-state index is 12.5. The van der Waals surface area contributed by atoms with Gasteiger partial charge in [-0.05, 0) is 32.3 Å². The molecule has 1 N–H and O–H groups in total. The van der Waals surface area contributed by atoms with Crippen molar-refractivity contribution < 1.29 is 14.0 Å². The molecular formula is C18H28N2O3. The van der Waals surface area contributed by atoms with E-state index in [4.69, 9.17) is 4.42 Å². The Hall–Kier alpha value is -1.78. The van der Waals surface area contributed by atoms with Crippen LogP contribution in [0.15, 0.2) is 16.7 Å². The van der Waals surface area contributed by atoms with Crippen LogP contribution in [0, 0.1) is 12.8 Å². The minimum atomic E-state index is -0.0916. The standard InChI is InChI=1S/C18H28N2O3/c1-3-4-5-6-10-19-17(21)15-8-7-11-20(13-15)18(22)16-9-12-23-14(16)2/h9,12,15H,3-8,10-11,13H2,1-2H3,(H,19,21)/t15-/m1/s1. The van der Waals surface area contributed by atoms with Crippen molar-refractivity contribution in [1.29, 1.82) is 0 Å². The lowest BCUT2D eigenvalue weighted by Gasteiger charge is -2.32. The van der Waals surface area contributed by atoms with Crippen molar-refractivity contribution in [1.82, 2.24) is 10.2 Å². The maximum Gasteiger partial charge on any atom is 0.257 e. The zero-order valence-corrected chi connectivity index (χ0v) is 14.3. The molecule has 0 radical (unpaired) electrons. The SMILES string of the molecule is CCCCCCNC(=O)[C@@H]1CCCN(C(=O)c2ccoc2C)C1. The summed E-state index contributed by atoms with van der Waals surface area (Å²) >= 11 is 0. The molecule has 0 bridgehead atoms. The van der Waals surface area contributed by atoms with Crippen LogP contribution >= 0.6 is 0 Å². The molecule has 0 aliphatic carbocycles. The van der Waals surface area contributed by atoms with Gasteiger partial charge in [0.1, 0.15) is 5.76 Å². The van der Waals surface area contributed by atoms with E-state index in [2.05, 4.69) is 12.2 Å². The van der Waals surface area contributed by atoms with Crippen molar-refractivity contribution in [2.75, 3.05) is 19.6 Å². The lowest BCUT2D eigenvalue weighted by atomic mass is 9.96.